The van der Waals surface area contributed by atoms with Gasteiger partial charge in [-0.15, -0.1) is 22.7 Å². The molecule has 10 heteroatoms. The van der Waals surface area contributed by atoms with Gasteiger partial charge in [-0.1, -0.05) is 84.9 Å². The van der Waals surface area contributed by atoms with Crippen LogP contribution >= 0.6 is 37.9 Å². The van der Waals surface area contributed by atoms with Crippen LogP contribution in [0.5, 0.6) is 0 Å². The molecule has 2 heterocycles. The Hall–Kier alpha value is -2.90. The molecule has 0 bridgehead atoms. The van der Waals surface area contributed by atoms with Gasteiger partial charge in [0, 0.05) is 9.75 Å². The minimum Gasteiger partial charge on any atom is -0.305 e. The minimum atomic E-state index is -3.79. The lowest BCUT2D eigenvalue weighted by atomic mass is 10.0. The van der Waals surface area contributed by atoms with Crippen molar-refractivity contribution in [2.75, 3.05) is 26.4 Å². The Morgan fingerprint density at radius 1 is 0.500 bits per heavy atom. The molecule has 6 rings (SSSR count). The van der Waals surface area contributed by atoms with E-state index in [-0.39, 0.29) is 26.4 Å². The van der Waals surface area contributed by atoms with Crippen LogP contribution in [0.15, 0.2) is 97.1 Å². The van der Waals surface area contributed by atoms with Gasteiger partial charge in [-0.3, -0.25) is 9.13 Å². The van der Waals surface area contributed by atoms with Crippen LogP contribution in [0.2, 0.25) is 0 Å². The first-order valence-corrected chi connectivity index (χ1v) is 20.1. The van der Waals surface area contributed by atoms with Crippen molar-refractivity contribution in [1.29, 1.82) is 0 Å². The zero-order valence-corrected chi connectivity index (χ0v) is 29.6. The van der Waals surface area contributed by atoms with Gasteiger partial charge in [-0.2, -0.15) is 0 Å². The molecule has 6 aromatic rings. The monoisotopic (exact) mass is 690 g/mol. The fraction of sp³-hybridized carbons (Fsp3) is 0.222. The van der Waals surface area contributed by atoms with Crippen molar-refractivity contribution in [3.8, 4) is 30.6 Å². The Morgan fingerprint density at radius 2 is 0.848 bits per heavy atom. The van der Waals surface area contributed by atoms with Crippen LogP contribution in [0.3, 0.4) is 0 Å². The Bertz CT molecular complexity index is 1920. The molecule has 0 amide bonds. The quantitative estimate of drug-likeness (QED) is 0.112. The molecule has 0 aliphatic heterocycles. The number of fused-ring (bicyclic) bond motifs is 2. The fourth-order valence-electron chi connectivity index (χ4n) is 5.67. The first-order valence-electron chi connectivity index (χ1n) is 15.4. The molecule has 0 spiro atoms. The van der Waals surface area contributed by atoms with Crippen molar-refractivity contribution in [3.63, 3.8) is 0 Å². The highest BCUT2D eigenvalue weighted by Crippen LogP contribution is 2.57. The van der Waals surface area contributed by atoms with Gasteiger partial charge in [0.1, 0.15) is 0 Å². The second-order valence-electron chi connectivity index (χ2n) is 10.4. The zero-order valence-electron chi connectivity index (χ0n) is 26.2. The standard InChI is InChI=1S/C36H36O6P2S2/c1-5-39-43(37,40-6-2)31-23-33(29-21-13-17-25-15-9-11-19-27(25)29)45-35(31)36-32(44(38,41-7-3)42-8-4)24-34(46-36)30-22-14-18-26-16-10-12-20-28(26)30/h9-24H,5-8H2,1-4H3. The molecule has 4 aromatic carbocycles. The highest BCUT2D eigenvalue weighted by atomic mass is 32.1. The van der Waals surface area contributed by atoms with E-state index in [2.05, 4.69) is 48.5 Å². The molecule has 6 nitrogen and oxygen atoms in total. The molecule has 2 aromatic heterocycles. The zero-order chi connectivity index (χ0) is 32.3. The lowest BCUT2D eigenvalue weighted by Crippen LogP contribution is -2.15. The summed E-state index contributed by atoms with van der Waals surface area (Å²) in [6, 6.07) is 32.6. The van der Waals surface area contributed by atoms with Gasteiger partial charge >= 0.3 is 15.2 Å². The van der Waals surface area contributed by atoms with Crippen LogP contribution in [-0.2, 0) is 27.2 Å². The molecule has 0 aliphatic rings. The van der Waals surface area contributed by atoms with Gasteiger partial charge in [-0.25, -0.2) is 0 Å². The molecule has 0 saturated heterocycles. The van der Waals surface area contributed by atoms with Crippen LogP contribution in [-0.4, -0.2) is 26.4 Å². The normalized spacial score (nSPS) is 12.3. The summed E-state index contributed by atoms with van der Waals surface area (Å²) >= 11 is 2.97. The van der Waals surface area contributed by atoms with Crippen molar-refractivity contribution >= 4 is 70.0 Å². The van der Waals surface area contributed by atoms with Crippen LogP contribution in [0.1, 0.15) is 27.7 Å². The largest absolute Gasteiger partial charge is 0.362 e. The van der Waals surface area contributed by atoms with Gasteiger partial charge in [0.15, 0.2) is 0 Å². The van der Waals surface area contributed by atoms with E-state index < -0.39 is 15.2 Å². The second kappa shape index (κ2) is 14.1. The van der Waals surface area contributed by atoms with Gasteiger partial charge in [0.05, 0.1) is 46.8 Å². The molecule has 0 saturated carbocycles. The van der Waals surface area contributed by atoms with Crippen molar-refractivity contribution in [2.24, 2.45) is 0 Å². The maximum absolute atomic E-state index is 14.6. The Kier molecular flexibility index (Phi) is 10.1. The van der Waals surface area contributed by atoms with Crippen LogP contribution in [0.4, 0.5) is 0 Å². The van der Waals surface area contributed by atoms with E-state index >= 15 is 0 Å². The van der Waals surface area contributed by atoms with Gasteiger partial charge in [0.25, 0.3) is 0 Å². The summed E-state index contributed by atoms with van der Waals surface area (Å²) in [6.07, 6.45) is 0. The van der Waals surface area contributed by atoms with E-state index in [1.165, 1.54) is 22.7 Å². The third-order valence-electron chi connectivity index (χ3n) is 7.53. The molecule has 0 N–H and O–H groups in total. The van der Waals surface area contributed by atoms with E-state index in [0.717, 1.165) is 42.4 Å². The van der Waals surface area contributed by atoms with Crippen molar-refractivity contribution in [3.05, 3.63) is 97.1 Å². The number of benzene rings is 4. The molecule has 0 aliphatic carbocycles. The van der Waals surface area contributed by atoms with Crippen molar-refractivity contribution in [1.82, 2.24) is 0 Å². The maximum atomic E-state index is 14.6. The van der Waals surface area contributed by atoms with E-state index in [1.807, 2.05) is 48.5 Å². The predicted octanol–water partition coefficient (Wildman–Crippen LogP) is 10.9. The smallest absolute Gasteiger partial charge is 0.305 e. The van der Waals surface area contributed by atoms with E-state index in [4.69, 9.17) is 18.1 Å². The van der Waals surface area contributed by atoms with Crippen LogP contribution in [0.25, 0.3) is 52.2 Å². The first kappa shape index (κ1) is 33.0. The Labute approximate surface area is 278 Å². The number of hydrogen-bond acceptors (Lipinski definition) is 8. The molecule has 238 valence electrons. The third kappa shape index (κ3) is 6.22. The highest BCUT2D eigenvalue weighted by Gasteiger charge is 2.38. The topological polar surface area (TPSA) is 71.1 Å². The lowest BCUT2D eigenvalue weighted by Gasteiger charge is -2.19. The van der Waals surface area contributed by atoms with Gasteiger partial charge in [0.2, 0.25) is 0 Å². The average Bonchev–Trinajstić information content (AvgIpc) is 3.71. The summed E-state index contributed by atoms with van der Waals surface area (Å²) < 4.78 is 53.0. The summed E-state index contributed by atoms with van der Waals surface area (Å²) in [7, 11) is -7.59. The molecule has 0 radical (unpaired) electrons. The number of thiophene rings is 2. The van der Waals surface area contributed by atoms with E-state index in [9.17, 15) is 9.13 Å². The van der Waals surface area contributed by atoms with Crippen LogP contribution < -0.4 is 10.6 Å². The molecule has 0 fully saturated rings. The summed E-state index contributed by atoms with van der Waals surface area (Å²) in [5.41, 5.74) is 2.00. The summed E-state index contributed by atoms with van der Waals surface area (Å²) in [6.45, 7) is 8.01. The SMILES string of the molecule is CCOP(=O)(OCC)c1cc(-c2cccc3ccccc23)sc1-c1sc(-c2cccc3ccccc23)cc1P(=O)(OCC)OCC. The Morgan fingerprint density at radius 3 is 1.22 bits per heavy atom. The Balaban J connectivity index is 1.68. The maximum Gasteiger partial charge on any atom is 0.362 e. The summed E-state index contributed by atoms with van der Waals surface area (Å²) in [5, 5.41) is 5.23. The van der Waals surface area contributed by atoms with Crippen LogP contribution in [0, 0.1) is 0 Å². The number of rotatable bonds is 13. The summed E-state index contributed by atoms with van der Waals surface area (Å²) in [5.74, 6) is 0. The summed E-state index contributed by atoms with van der Waals surface area (Å²) in [4.78, 5) is 3.13. The number of hydrogen-bond donors (Lipinski definition) is 0. The highest BCUT2D eigenvalue weighted by molar-refractivity contribution is 7.64. The third-order valence-corrected chi connectivity index (χ3v) is 14.6. The molecule has 46 heavy (non-hydrogen) atoms. The molecular formula is C36H36O6P2S2. The lowest BCUT2D eigenvalue weighted by molar-refractivity contribution is 0.229. The first-order chi connectivity index (χ1) is 22.4. The van der Waals surface area contributed by atoms with Gasteiger partial charge in [-0.05, 0) is 72.5 Å². The predicted molar refractivity (Wildman–Crippen MR) is 195 cm³/mol. The van der Waals surface area contributed by atoms with Gasteiger partial charge < -0.3 is 18.1 Å². The average molecular weight is 691 g/mol. The van der Waals surface area contributed by atoms with Crippen molar-refractivity contribution < 1.29 is 27.2 Å². The van der Waals surface area contributed by atoms with E-state index in [0.29, 0.717) is 20.4 Å². The minimum absolute atomic E-state index is 0.200. The molecular weight excluding hydrogens is 654 g/mol. The fourth-order valence-corrected chi connectivity index (χ4v) is 12.7. The second-order valence-corrected chi connectivity index (χ2v) is 16.5. The van der Waals surface area contributed by atoms with E-state index in [1.54, 1.807) is 27.7 Å². The molecule has 0 unspecified atom stereocenters. The molecule has 0 atom stereocenters. The van der Waals surface area contributed by atoms with Crippen molar-refractivity contribution in [2.45, 2.75) is 27.7 Å².